The van der Waals surface area contributed by atoms with E-state index in [-0.39, 0.29) is 21.4 Å². The molecule has 0 bridgehead atoms. The van der Waals surface area contributed by atoms with Crippen LogP contribution in [0.25, 0.3) is 5.69 Å². The molecule has 108 valence electrons. The van der Waals surface area contributed by atoms with Crippen LogP contribution in [0.1, 0.15) is 0 Å². The normalized spacial score (nSPS) is 11.9. The van der Waals surface area contributed by atoms with Crippen molar-refractivity contribution in [1.82, 2.24) is 9.55 Å². The maximum Gasteiger partial charge on any atom is 0.377 e. The third kappa shape index (κ3) is 3.73. The zero-order valence-corrected chi connectivity index (χ0v) is 15.5. The fraction of sp³-hybridized carbons (Fsp3) is 0.100. The molecule has 1 aromatic heterocycles. The number of halogens is 7. The van der Waals surface area contributed by atoms with Gasteiger partial charge in [0.2, 0.25) is 0 Å². The number of aromatic nitrogens is 2. The molecule has 0 saturated carbocycles. The molecule has 0 N–H and O–H groups in total. The lowest BCUT2D eigenvalue weighted by molar-refractivity contribution is 0.203. The van der Waals surface area contributed by atoms with E-state index in [4.69, 9.17) is 11.6 Å². The lowest BCUT2D eigenvalue weighted by atomic mass is 10.3. The first-order chi connectivity index (χ1) is 9.19. The minimum atomic E-state index is -3.46. The van der Waals surface area contributed by atoms with Crippen LogP contribution in [0.15, 0.2) is 37.0 Å². The van der Waals surface area contributed by atoms with Gasteiger partial charge in [0, 0.05) is 8.95 Å². The molecule has 0 fully saturated rings. The molecular formula is C10H3Br3ClF3N2S. The molecule has 1 heterocycles. The summed E-state index contributed by atoms with van der Waals surface area (Å²) >= 11 is 14.6. The zero-order chi connectivity index (χ0) is 15.1. The summed E-state index contributed by atoms with van der Waals surface area (Å²) in [5, 5.41) is 0.0214. The first kappa shape index (κ1) is 16.7. The molecule has 20 heavy (non-hydrogen) atoms. The van der Waals surface area contributed by atoms with E-state index in [0.29, 0.717) is 14.6 Å². The van der Waals surface area contributed by atoms with Crippen LogP contribution in [0.2, 0.25) is 0 Å². The number of rotatable bonds is 3. The Kier molecular flexibility index (Phi) is 5.16. The number of nitrogens with zero attached hydrogens (tertiary/aromatic N) is 2. The highest BCUT2D eigenvalue weighted by Gasteiger charge is 2.30. The van der Waals surface area contributed by atoms with E-state index in [0.717, 1.165) is 0 Å². The molecule has 0 aliphatic carbocycles. The maximum atomic E-state index is 13.2. The van der Waals surface area contributed by atoms with Gasteiger partial charge in [0.05, 0.1) is 5.69 Å². The maximum absolute atomic E-state index is 13.2. The summed E-state index contributed by atoms with van der Waals surface area (Å²) < 4.78 is 38.0. The fourth-order valence-electron chi connectivity index (χ4n) is 1.42. The Morgan fingerprint density at radius 1 is 1.20 bits per heavy atom. The third-order valence-corrected chi connectivity index (χ3v) is 5.30. The molecule has 0 amide bonds. The van der Waals surface area contributed by atoms with Crippen molar-refractivity contribution in [3.8, 4) is 5.69 Å². The number of thioether (sulfide) groups is 1. The van der Waals surface area contributed by atoms with Gasteiger partial charge in [-0.25, -0.2) is 9.37 Å². The van der Waals surface area contributed by atoms with Crippen molar-refractivity contribution in [3.63, 3.8) is 0 Å². The van der Waals surface area contributed by atoms with Gasteiger partial charge in [0.15, 0.2) is 0 Å². The van der Waals surface area contributed by atoms with Crippen molar-refractivity contribution in [2.45, 2.75) is 9.74 Å². The molecule has 2 nitrogen and oxygen atoms in total. The summed E-state index contributed by atoms with van der Waals surface area (Å²) in [6.45, 7) is 0. The van der Waals surface area contributed by atoms with Crippen molar-refractivity contribution in [2.75, 3.05) is 0 Å². The number of benzene rings is 1. The molecule has 0 saturated heterocycles. The minimum Gasteiger partial charge on any atom is -0.290 e. The van der Waals surface area contributed by atoms with Gasteiger partial charge in [-0.2, -0.15) is 8.78 Å². The van der Waals surface area contributed by atoms with E-state index >= 15 is 0 Å². The van der Waals surface area contributed by atoms with Gasteiger partial charge in [0.25, 0.3) is 0 Å². The number of alkyl halides is 3. The first-order valence-corrected chi connectivity index (χ1v) is 8.40. The van der Waals surface area contributed by atoms with Crippen LogP contribution >= 0.6 is 71.2 Å². The van der Waals surface area contributed by atoms with Crippen LogP contribution in [0, 0.1) is 5.82 Å². The molecule has 0 radical (unpaired) electrons. The Labute approximate surface area is 146 Å². The Bertz CT molecular complexity index is 637. The van der Waals surface area contributed by atoms with Crippen molar-refractivity contribution < 1.29 is 13.2 Å². The summed E-state index contributed by atoms with van der Waals surface area (Å²) in [5.41, 5.74) is 0.524. The van der Waals surface area contributed by atoms with E-state index in [1.165, 1.54) is 23.0 Å². The van der Waals surface area contributed by atoms with Gasteiger partial charge in [-0.1, -0.05) is 0 Å². The Morgan fingerprint density at radius 2 is 1.75 bits per heavy atom. The highest BCUT2D eigenvalue weighted by atomic mass is 79.9. The number of imidazole rings is 1. The average Bonchev–Trinajstić information content (AvgIpc) is 2.58. The van der Waals surface area contributed by atoms with E-state index in [1.54, 1.807) is 0 Å². The van der Waals surface area contributed by atoms with E-state index in [1.807, 2.05) is 0 Å². The summed E-state index contributed by atoms with van der Waals surface area (Å²) in [6, 6.07) is 2.52. The summed E-state index contributed by atoms with van der Waals surface area (Å²) in [5.74, 6) is -0.439. The number of hydrogen-bond acceptors (Lipinski definition) is 2. The predicted octanol–water partition coefficient (Wildman–Crippen LogP) is 6.18. The highest BCUT2D eigenvalue weighted by molar-refractivity contribution is 9.11. The second kappa shape index (κ2) is 6.20. The molecular weight excluding hydrogens is 512 g/mol. The molecule has 0 spiro atoms. The fourth-order valence-corrected chi connectivity index (χ4v) is 4.26. The van der Waals surface area contributed by atoms with Gasteiger partial charge < -0.3 is 0 Å². The SMILES string of the molecule is Fc1cc(Br)c(-n2cnc(SC(F)(F)Cl)c2Br)c(Br)c1. The van der Waals surface area contributed by atoms with Crippen LogP contribution in [0.3, 0.4) is 0 Å². The van der Waals surface area contributed by atoms with Gasteiger partial charge in [-0.05, 0) is 83.3 Å². The third-order valence-electron chi connectivity index (χ3n) is 2.11. The average molecular weight is 515 g/mol. The quantitative estimate of drug-likeness (QED) is 0.359. The van der Waals surface area contributed by atoms with E-state index < -0.39 is 10.5 Å². The van der Waals surface area contributed by atoms with Gasteiger partial charge >= 0.3 is 4.71 Å². The van der Waals surface area contributed by atoms with Crippen molar-refractivity contribution >= 4 is 71.2 Å². The van der Waals surface area contributed by atoms with Gasteiger partial charge in [0.1, 0.15) is 21.8 Å². The molecule has 0 aliphatic rings. The lowest BCUT2D eigenvalue weighted by Crippen LogP contribution is -1.99. The Balaban J connectivity index is 2.50. The van der Waals surface area contributed by atoms with E-state index in [2.05, 4.69) is 52.8 Å². The minimum absolute atomic E-state index is 0.0214. The first-order valence-electron chi connectivity index (χ1n) is 4.82. The smallest absolute Gasteiger partial charge is 0.290 e. The number of hydrogen-bond donors (Lipinski definition) is 0. The lowest BCUT2D eigenvalue weighted by Gasteiger charge is -2.10. The van der Waals surface area contributed by atoms with Crippen LogP contribution in [-0.2, 0) is 0 Å². The molecule has 2 rings (SSSR count). The second-order valence-electron chi connectivity index (χ2n) is 3.48. The summed E-state index contributed by atoms with van der Waals surface area (Å²) in [6.07, 6.45) is 1.33. The van der Waals surface area contributed by atoms with Crippen molar-refractivity contribution in [3.05, 3.63) is 37.8 Å². The van der Waals surface area contributed by atoms with Gasteiger partial charge in [-0.3, -0.25) is 4.57 Å². The van der Waals surface area contributed by atoms with Crippen LogP contribution in [-0.4, -0.2) is 14.3 Å². The zero-order valence-electron chi connectivity index (χ0n) is 9.18. The topological polar surface area (TPSA) is 17.8 Å². The predicted molar refractivity (Wildman–Crippen MR) is 83.3 cm³/mol. The molecule has 10 heteroatoms. The largest absolute Gasteiger partial charge is 0.377 e. The van der Waals surface area contributed by atoms with Crippen molar-refractivity contribution in [1.29, 1.82) is 0 Å². The monoisotopic (exact) mass is 512 g/mol. The Hall–Kier alpha value is 0.300. The molecule has 2 aromatic rings. The summed E-state index contributed by atoms with van der Waals surface area (Å²) in [4.78, 5) is 3.86. The molecule has 0 unspecified atom stereocenters. The van der Waals surface area contributed by atoms with E-state index in [9.17, 15) is 13.2 Å². The summed E-state index contributed by atoms with van der Waals surface area (Å²) in [7, 11) is 0. The second-order valence-corrected chi connectivity index (χ2v) is 7.74. The van der Waals surface area contributed by atoms with Crippen molar-refractivity contribution in [2.24, 2.45) is 0 Å². The standard InChI is InChI=1S/C10H3Br3ClF3N2S/c11-5-1-4(15)2-6(12)7(5)19-3-18-9(8(19)13)20-10(14,16)17/h1-3H. The molecule has 0 atom stereocenters. The van der Waals surface area contributed by atoms with Crippen LogP contribution in [0.5, 0.6) is 0 Å². The highest BCUT2D eigenvalue weighted by Crippen LogP contribution is 2.43. The van der Waals surface area contributed by atoms with Crippen LogP contribution < -0.4 is 0 Å². The molecule has 1 aromatic carbocycles. The Morgan fingerprint density at radius 3 is 2.25 bits per heavy atom. The van der Waals surface area contributed by atoms with Crippen LogP contribution in [0.4, 0.5) is 13.2 Å². The van der Waals surface area contributed by atoms with Gasteiger partial charge in [-0.15, -0.1) is 0 Å². The molecule has 0 aliphatic heterocycles.